The van der Waals surface area contributed by atoms with Crippen molar-refractivity contribution in [2.75, 3.05) is 26.7 Å². The van der Waals surface area contributed by atoms with Gasteiger partial charge in [0.2, 0.25) is 11.8 Å². The van der Waals surface area contributed by atoms with E-state index in [0.717, 1.165) is 17.7 Å². The van der Waals surface area contributed by atoms with Gasteiger partial charge in [0.05, 0.1) is 18.6 Å². The number of hydrogen-bond acceptors (Lipinski definition) is 6. The van der Waals surface area contributed by atoms with Gasteiger partial charge in [-0.2, -0.15) is 0 Å². The fourth-order valence-corrected chi connectivity index (χ4v) is 5.07. The highest BCUT2D eigenvalue weighted by atomic mass is 19.1. The van der Waals surface area contributed by atoms with Gasteiger partial charge < -0.3 is 21.1 Å². The summed E-state index contributed by atoms with van der Waals surface area (Å²) in [6, 6.07) is 14.7. The van der Waals surface area contributed by atoms with Gasteiger partial charge in [0, 0.05) is 49.4 Å². The van der Waals surface area contributed by atoms with Crippen LogP contribution in [0.4, 0.5) is 8.78 Å². The number of aliphatic hydroxyl groups excluding tert-OH is 1. The summed E-state index contributed by atoms with van der Waals surface area (Å²) in [6.07, 6.45) is -0.0289. The van der Waals surface area contributed by atoms with E-state index >= 15 is 0 Å². The molecule has 246 valence electrons. The largest absolute Gasteiger partial charge is 0.390 e. The van der Waals surface area contributed by atoms with E-state index in [1.54, 1.807) is 17.0 Å². The average molecular weight is 638 g/mol. The second kappa shape index (κ2) is 17.1. The maximum Gasteiger partial charge on any atom is 0.253 e. The number of primary amides is 1. The number of nitrogens with one attached hydrogen (secondary N) is 2. The zero-order chi connectivity index (χ0) is 33.8. The Morgan fingerprint density at radius 1 is 0.848 bits per heavy atom. The number of carbonyl (C=O) groups is 4. The standard InChI is InChI=1S/C34H41F2N5O5/c1-4-11-41(12-5-2)34(46)26-18-24(32(37)44)17-25(19-26)33(45)38-29(15-23-13-27(35)20-28(36)14-23)30(42)21-40(3)39-31(43)16-22-9-7-6-8-10-22/h6-10,13-14,17-20,29-30,42H,4-5,11-12,15-16,21H2,1-3H3,(H2,37,44)(H,38,45)(H,39,43). The third kappa shape index (κ3) is 10.7. The summed E-state index contributed by atoms with van der Waals surface area (Å²) in [4.78, 5) is 53.2. The predicted molar refractivity (Wildman–Crippen MR) is 170 cm³/mol. The smallest absolute Gasteiger partial charge is 0.253 e. The van der Waals surface area contributed by atoms with Crippen LogP contribution in [0.3, 0.4) is 0 Å². The molecule has 0 radical (unpaired) electrons. The Labute approximate surface area is 267 Å². The summed E-state index contributed by atoms with van der Waals surface area (Å²) < 4.78 is 28.1. The van der Waals surface area contributed by atoms with Crippen LogP contribution in [0.25, 0.3) is 0 Å². The van der Waals surface area contributed by atoms with Crippen LogP contribution in [-0.2, 0) is 17.6 Å². The molecule has 0 aromatic heterocycles. The van der Waals surface area contributed by atoms with Gasteiger partial charge in [-0.25, -0.2) is 13.8 Å². The first kappa shape index (κ1) is 35.8. The number of rotatable bonds is 16. The zero-order valence-corrected chi connectivity index (χ0v) is 26.3. The molecule has 5 N–H and O–H groups in total. The molecule has 3 rings (SSSR count). The first-order chi connectivity index (χ1) is 21.9. The van der Waals surface area contributed by atoms with Crippen molar-refractivity contribution in [1.29, 1.82) is 0 Å². The molecule has 0 saturated carbocycles. The third-order valence-corrected chi connectivity index (χ3v) is 7.14. The highest BCUT2D eigenvalue weighted by Gasteiger charge is 2.26. The Balaban J connectivity index is 1.86. The highest BCUT2D eigenvalue weighted by Crippen LogP contribution is 2.17. The van der Waals surface area contributed by atoms with Crippen LogP contribution < -0.4 is 16.5 Å². The molecule has 0 fully saturated rings. The molecule has 0 saturated heterocycles. The maximum atomic E-state index is 14.0. The van der Waals surface area contributed by atoms with Crippen LogP contribution in [0.1, 0.15) is 68.9 Å². The van der Waals surface area contributed by atoms with Crippen molar-refractivity contribution in [3.63, 3.8) is 0 Å². The summed E-state index contributed by atoms with van der Waals surface area (Å²) in [5.41, 5.74) is 9.09. The summed E-state index contributed by atoms with van der Waals surface area (Å²) in [6.45, 7) is 4.64. The Morgan fingerprint density at radius 2 is 1.43 bits per heavy atom. The summed E-state index contributed by atoms with van der Waals surface area (Å²) in [7, 11) is 1.53. The third-order valence-electron chi connectivity index (χ3n) is 7.14. The average Bonchev–Trinajstić information content (AvgIpc) is 2.99. The monoisotopic (exact) mass is 637 g/mol. The number of nitrogens with zero attached hydrogens (tertiary/aromatic N) is 2. The lowest BCUT2D eigenvalue weighted by atomic mass is 9.99. The first-order valence-corrected chi connectivity index (χ1v) is 15.1. The van der Waals surface area contributed by atoms with Gasteiger partial charge in [0.1, 0.15) is 11.6 Å². The Hall–Kier alpha value is -4.68. The Kier molecular flexibility index (Phi) is 13.3. The SMILES string of the molecule is CCCN(CCC)C(=O)c1cc(C(N)=O)cc(C(=O)NC(Cc2cc(F)cc(F)c2)C(O)CN(C)NC(=O)Cc2ccccc2)c1. The molecule has 2 unspecified atom stereocenters. The molecule has 10 nitrogen and oxygen atoms in total. The van der Waals surface area contributed by atoms with Gasteiger partial charge in [-0.15, -0.1) is 0 Å². The lowest BCUT2D eigenvalue weighted by Gasteiger charge is -2.28. The second-order valence-corrected chi connectivity index (χ2v) is 11.2. The molecule has 3 aromatic rings. The van der Waals surface area contributed by atoms with Crippen molar-refractivity contribution >= 4 is 23.6 Å². The van der Waals surface area contributed by atoms with Gasteiger partial charge in [-0.1, -0.05) is 44.2 Å². The van der Waals surface area contributed by atoms with E-state index in [1.165, 1.54) is 30.3 Å². The minimum atomic E-state index is -1.35. The minimum Gasteiger partial charge on any atom is -0.390 e. The normalized spacial score (nSPS) is 12.3. The molecule has 0 bridgehead atoms. The molecule has 4 amide bonds. The van der Waals surface area contributed by atoms with Crippen molar-refractivity contribution in [3.8, 4) is 0 Å². The number of hydrazine groups is 1. The van der Waals surface area contributed by atoms with Crippen molar-refractivity contribution < 1.29 is 33.1 Å². The molecule has 12 heteroatoms. The van der Waals surface area contributed by atoms with Gasteiger partial charge in [-0.05, 0) is 60.7 Å². The number of amides is 4. The van der Waals surface area contributed by atoms with Crippen molar-refractivity contribution in [1.82, 2.24) is 20.7 Å². The van der Waals surface area contributed by atoms with E-state index in [9.17, 15) is 33.1 Å². The van der Waals surface area contributed by atoms with Crippen LogP contribution >= 0.6 is 0 Å². The number of carbonyl (C=O) groups excluding carboxylic acids is 4. The molecule has 0 spiro atoms. The van der Waals surface area contributed by atoms with Crippen molar-refractivity contribution in [2.45, 2.75) is 51.7 Å². The molecule has 3 aromatic carbocycles. The van der Waals surface area contributed by atoms with Gasteiger partial charge >= 0.3 is 0 Å². The summed E-state index contributed by atoms with van der Waals surface area (Å²) >= 11 is 0. The number of likely N-dealkylation sites (N-methyl/N-ethyl adjacent to an activating group) is 1. The topological polar surface area (TPSA) is 145 Å². The van der Waals surface area contributed by atoms with E-state index in [-0.39, 0.29) is 53.5 Å². The number of aliphatic hydroxyl groups is 1. The molecule has 2 atom stereocenters. The van der Waals surface area contributed by atoms with Crippen LogP contribution in [0, 0.1) is 11.6 Å². The summed E-state index contributed by atoms with van der Waals surface area (Å²) in [5.74, 6) is -3.98. The lowest BCUT2D eigenvalue weighted by Crippen LogP contribution is -2.52. The maximum absolute atomic E-state index is 14.0. The van der Waals surface area contributed by atoms with Crippen molar-refractivity contribution in [2.24, 2.45) is 5.73 Å². The number of hydrogen-bond donors (Lipinski definition) is 4. The minimum absolute atomic E-state index is 0.0610. The van der Waals surface area contributed by atoms with Crippen molar-refractivity contribution in [3.05, 3.63) is 106 Å². The first-order valence-electron chi connectivity index (χ1n) is 15.1. The fraction of sp³-hybridized carbons (Fsp3) is 0.353. The quantitative estimate of drug-likeness (QED) is 0.178. The van der Waals surface area contributed by atoms with E-state index in [2.05, 4.69) is 10.7 Å². The van der Waals surface area contributed by atoms with E-state index in [4.69, 9.17) is 5.73 Å². The molecule has 0 aliphatic heterocycles. The lowest BCUT2D eigenvalue weighted by molar-refractivity contribution is -0.125. The summed E-state index contributed by atoms with van der Waals surface area (Å²) in [5, 5.41) is 15.3. The Bertz CT molecular complexity index is 1490. The number of halogens is 2. The van der Waals surface area contributed by atoms with E-state index in [1.807, 2.05) is 32.0 Å². The number of nitrogens with two attached hydrogens (primary N) is 1. The molecule has 0 heterocycles. The van der Waals surface area contributed by atoms with Crippen LogP contribution in [0.15, 0.2) is 66.7 Å². The van der Waals surface area contributed by atoms with E-state index < -0.39 is 35.6 Å². The molecule has 46 heavy (non-hydrogen) atoms. The second-order valence-electron chi connectivity index (χ2n) is 11.2. The Morgan fingerprint density at radius 3 is 2.02 bits per heavy atom. The fourth-order valence-electron chi connectivity index (χ4n) is 5.07. The van der Waals surface area contributed by atoms with Gasteiger partial charge in [-0.3, -0.25) is 24.6 Å². The molecule has 0 aliphatic rings. The van der Waals surface area contributed by atoms with Crippen LogP contribution in [0.5, 0.6) is 0 Å². The highest BCUT2D eigenvalue weighted by molar-refractivity contribution is 6.04. The van der Waals surface area contributed by atoms with Gasteiger partial charge in [0.25, 0.3) is 11.8 Å². The zero-order valence-electron chi connectivity index (χ0n) is 26.3. The van der Waals surface area contributed by atoms with Crippen LogP contribution in [-0.4, -0.2) is 77.5 Å². The van der Waals surface area contributed by atoms with E-state index in [0.29, 0.717) is 32.0 Å². The number of benzene rings is 3. The van der Waals surface area contributed by atoms with Crippen LogP contribution in [0.2, 0.25) is 0 Å². The molecular formula is C34H41F2N5O5. The molecular weight excluding hydrogens is 596 g/mol. The molecule has 0 aliphatic carbocycles. The van der Waals surface area contributed by atoms with Gasteiger partial charge in [0.15, 0.2) is 0 Å². The predicted octanol–water partition coefficient (Wildman–Crippen LogP) is 3.23.